The van der Waals surface area contributed by atoms with E-state index in [0.717, 1.165) is 0 Å². The summed E-state index contributed by atoms with van der Waals surface area (Å²) in [5.41, 5.74) is 1.67. The summed E-state index contributed by atoms with van der Waals surface area (Å²) >= 11 is 5.71. The van der Waals surface area contributed by atoms with Crippen molar-refractivity contribution in [3.8, 4) is 5.75 Å². The van der Waals surface area contributed by atoms with Crippen LogP contribution in [-0.2, 0) is 6.61 Å². The Balaban J connectivity index is 2.00. The predicted molar refractivity (Wildman–Crippen MR) is 79.7 cm³/mol. The van der Waals surface area contributed by atoms with Crippen LogP contribution in [0.2, 0.25) is 5.02 Å². The maximum Gasteiger partial charge on any atom is 0.131 e. The smallest absolute Gasteiger partial charge is 0.131 e. The fourth-order valence-corrected chi connectivity index (χ4v) is 1.98. The minimum Gasteiger partial charge on any atom is -0.489 e. The maximum absolute atomic E-state index is 13.6. The number of hydrogen-bond donors (Lipinski definition) is 1. The van der Waals surface area contributed by atoms with Crippen LogP contribution in [0.4, 0.5) is 4.39 Å². The highest BCUT2D eigenvalue weighted by molar-refractivity contribution is 6.30. The van der Waals surface area contributed by atoms with Crippen LogP contribution in [0, 0.1) is 5.82 Å². The molecule has 1 unspecified atom stereocenters. The van der Waals surface area contributed by atoms with Crippen molar-refractivity contribution in [3.05, 3.63) is 64.4 Å². The average molecular weight is 294 g/mol. The van der Waals surface area contributed by atoms with Gasteiger partial charge in [-0.1, -0.05) is 29.8 Å². The molecule has 0 bridgehead atoms. The van der Waals surface area contributed by atoms with Crippen molar-refractivity contribution in [2.45, 2.75) is 19.6 Å². The van der Waals surface area contributed by atoms with Gasteiger partial charge in [0.25, 0.3) is 0 Å². The van der Waals surface area contributed by atoms with E-state index in [-0.39, 0.29) is 18.5 Å². The fourth-order valence-electron chi connectivity index (χ4n) is 1.82. The molecule has 106 valence electrons. The van der Waals surface area contributed by atoms with Crippen LogP contribution in [-0.4, -0.2) is 7.05 Å². The quantitative estimate of drug-likeness (QED) is 0.885. The molecule has 4 heteroatoms. The Morgan fingerprint density at radius 1 is 1.20 bits per heavy atom. The van der Waals surface area contributed by atoms with Gasteiger partial charge in [-0.25, -0.2) is 4.39 Å². The molecule has 0 aliphatic rings. The van der Waals surface area contributed by atoms with Gasteiger partial charge in [0, 0.05) is 16.6 Å². The molecule has 2 aromatic carbocycles. The van der Waals surface area contributed by atoms with Crippen LogP contribution in [0.1, 0.15) is 24.1 Å². The summed E-state index contributed by atoms with van der Waals surface area (Å²) in [4.78, 5) is 0. The lowest BCUT2D eigenvalue weighted by molar-refractivity contribution is 0.299. The van der Waals surface area contributed by atoms with Crippen LogP contribution < -0.4 is 10.1 Å². The molecule has 0 spiro atoms. The lowest BCUT2D eigenvalue weighted by Crippen LogP contribution is -2.11. The van der Waals surface area contributed by atoms with Gasteiger partial charge >= 0.3 is 0 Å². The van der Waals surface area contributed by atoms with Crippen molar-refractivity contribution in [1.82, 2.24) is 5.32 Å². The second-order valence-electron chi connectivity index (χ2n) is 4.60. The Kier molecular flexibility index (Phi) is 4.99. The summed E-state index contributed by atoms with van der Waals surface area (Å²) < 4.78 is 19.2. The molecule has 1 atom stereocenters. The zero-order valence-corrected chi connectivity index (χ0v) is 12.2. The first kappa shape index (κ1) is 14.8. The van der Waals surface area contributed by atoms with Crippen LogP contribution in [0.3, 0.4) is 0 Å². The summed E-state index contributed by atoms with van der Waals surface area (Å²) in [5, 5.41) is 3.55. The molecule has 0 heterocycles. The fraction of sp³-hybridized carbons (Fsp3) is 0.250. The van der Waals surface area contributed by atoms with Gasteiger partial charge in [0.05, 0.1) is 0 Å². The molecule has 1 N–H and O–H groups in total. The first-order valence-corrected chi connectivity index (χ1v) is 6.82. The van der Waals surface area contributed by atoms with Crippen molar-refractivity contribution in [2.24, 2.45) is 0 Å². The van der Waals surface area contributed by atoms with Crippen molar-refractivity contribution >= 4 is 11.6 Å². The second kappa shape index (κ2) is 6.73. The highest BCUT2D eigenvalue weighted by atomic mass is 35.5. The van der Waals surface area contributed by atoms with E-state index < -0.39 is 0 Å². The van der Waals surface area contributed by atoms with Crippen molar-refractivity contribution in [1.29, 1.82) is 0 Å². The number of hydrogen-bond acceptors (Lipinski definition) is 2. The van der Waals surface area contributed by atoms with Gasteiger partial charge in [-0.15, -0.1) is 0 Å². The third-order valence-corrected chi connectivity index (χ3v) is 3.46. The molecule has 0 amide bonds. The highest BCUT2D eigenvalue weighted by Crippen LogP contribution is 2.20. The summed E-state index contributed by atoms with van der Waals surface area (Å²) in [7, 11) is 1.92. The number of halogens is 2. The predicted octanol–water partition coefficient (Wildman–Crippen LogP) is 4.34. The van der Waals surface area contributed by atoms with Crippen molar-refractivity contribution in [2.75, 3.05) is 7.05 Å². The molecule has 0 saturated carbocycles. The van der Waals surface area contributed by atoms with Gasteiger partial charge in [0.15, 0.2) is 0 Å². The first-order valence-electron chi connectivity index (χ1n) is 6.44. The number of nitrogens with one attached hydrogen (secondary N) is 1. The summed E-state index contributed by atoms with van der Waals surface area (Å²) in [5.74, 6) is 0.365. The molecule has 0 radical (unpaired) electrons. The molecule has 0 aromatic heterocycles. The van der Waals surface area contributed by atoms with Crippen LogP contribution in [0.25, 0.3) is 0 Å². The minimum absolute atomic E-state index is 0.184. The molecular weight excluding hydrogens is 277 g/mol. The molecule has 0 fully saturated rings. The van der Waals surface area contributed by atoms with E-state index in [2.05, 4.69) is 12.2 Å². The van der Waals surface area contributed by atoms with E-state index in [4.69, 9.17) is 16.3 Å². The Hall–Kier alpha value is -1.58. The van der Waals surface area contributed by atoms with Crippen molar-refractivity contribution < 1.29 is 9.13 Å². The topological polar surface area (TPSA) is 21.3 Å². The SMILES string of the molecule is CNC(C)c1ccc(OCc2ccc(Cl)cc2F)cc1. The third kappa shape index (κ3) is 3.71. The molecule has 20 heavy (non-hydrogen) atoms. The van der Waals surface area contributed by atoms with Crippen LogP contribution in [0.5, 0.6) is 5.75 Å². The van der Waals surface area contributed by atoms with E-state index in [1.54, 1.807) is 12.1 Å². The van der Waals surface area contributed by atoms with E-state index in [0.29, 0.717) is 16.3 Å². The Bertz CT molecular complexity index is 571. The molecule has 0 aliphatic heterocycles. The van der Waals surface area contributed by atoms with E-state index >= 15 is 0 Å². The zero-order valence-electron chi connectivity index (χ0n) is 11.5. The van der Waals surface area contributed by atoms with E-state index in [1.807, 2.05) is 31.3 Å². The molecule has 2 rings (SSSR count). The monoisotopic (exact) mass is 293 g/mol. The average Bonchev–Trinajstić information content (AvgIpc) is 2.46. The minimum atomic E-state index is -0.349. The lowest BCUT2D eigenvalue weighted by atomic mass is 10.1. The number of benzene rings is 2. The molecule has 2 nitrogen and oxygen atoms in total. The van der Waals surface area contributed by atoms with Gasteiger partial charge in [-0.3, -0.25) is 0 Å². The first-order chi connectivity index (χ1) is 9.60. The summed E-state index contributed by atoms with van der Waals surface area (Å²) in [6.45, 7) is 2.27. The third-order valence-electron chi connectivity index (χ3n) is 3.22. The van der Waals surface area contributed by atoms with Crippen LogP contribution in [0.15, 0.2) is 42.5 Å². The summed E-state index contributed by atoms with van der Waals surface area (Å²) in [6, 6.07) is 12.6. The Morgan fingerprint density at radius 3 is 2.50 bits per heavy atom. The largest absolute Gasteiger partial charge is 0.489 e. The highest BCUT2D eigenvalue weighted by Gasteiger charge is 2.05. The molecular formula is C16H17ClFNO. The zero-order chi connectivity index (χ0) is 14.5. The van der Waals surface area contributed by atoms with Gasteiger partial charge < -0.3 is 10.1 Å². The molecule has 2 aromatic rings. The second-order valence-corrected chi connectivity index (χ2v) is 5.04. The molecule has 0 aliphatic carbocycles. The van der Waals surface area contributed by atoms with Gasteiger partial charge in [0.2, 0.25) is 0 Å². The molecule has 0 saturated heterocycles. The standard InChI is InChI=1S/C16H17ClFNO/c1-11(19-2)12-4-7-15(8-5-12)20-10-13-3-6-14(17)9-16(13)18/h3-9,11,19H,10H2,1-2H3. The lowest BCUT2D eigenvalue weighted by Gasteiger charge is -2.12. The van der Waals surface area contributed by atoms with Crippen LogP contribution >= 0.6 is 11.6 Å². The summed E-state index contributed by atoms with van der Waals surface area (Å²) in [6.07, 6.45) is 0. The Labute approximate surface area is 123 Å². The van der Waals surface area contributed by atoms with E-state index in [9.17, 15) is 4.39 Å². The number of rotatable bonds is 5. The van der Waals surface area contributed by atoms with Gasteiger partial charge in [-0.05, 0) is 43.8 Å². The maximum atomic E-state index is 13.6. The van der Waals surface area contributed by atoms with Gasteiger partial charge in [-0.2, -0.15) is 0 Å². The van der Waals surface area contributed by atoms with Crippen molar-refractivity contribution in [3.63, 3.8) is 0 Å². The number of ether oxygens (including phenoxy) is 1. The Morgan fingerprint density at radius 2 is 1.90 bits per heavy atom. The van der Waals surface area contributed by atoms with Gasteiger partial charge in [0.1, 0.15) is 18.2 Å². The normalized spacial score (nSPS) is 12.2. The van der Waals surface area contributed by atoms with E-state index in [1.165, 1.54) is 11.6 Å².